The van der Waals surface area contributed by atoms with Gasteiger partial charge in [-0.3, -0.25) is 0 Å². The van der Waals surface area contributed by atoms with E-state index in [1.165, 1.54) is 95.5 Å². The van der Waals surface area contributed by atoms with E-state index in [-0.39, 0.29) is 0 Å². The quantitative estimate of drug-likeness (QED) is 0.235. The lowest BCUT2D eigenvalue weighted by atomic mass is 10.0. The van der Waals surface area contributed by atoms with Gasteiger partial charge in [0, 0.05) is 6.20 Å². The maximum Gasteiger partial charge on any atom is 0.132 e. The van der Waals surface area contributed by atoms with E-state index in [1.54, 1.807) is 6.20 Å². The number of rotatable bonds is 15. The van der Waals surface area contributed by atoms with Crippen molar-refractivity contribution < 1.29 is 0 Å². The second kappa shape index (κ2) is 15.0. The van der Waals surface area contributed by atoms with Gasteiger partial charge < -0.3 is 0 Å². The Kier molecular flexibility index (Phi) is 13.4. The molecule has 0 radical (unpaired) electrons. The van der Waals surface area contributed by atoms with Crippen LogP contribution in [0.5, 0.6) is 0 Å². The molecule has 0 aliphatic carbocycles. The SMILES string of the molecule is CCCCCCCCCCCCCCCCc1cccnc1Cl. The predicted octanol–water partition coefficient (Wildman–Crippen LogP) is 7.76. The van der Waals surface area contributed by atoms with Gasteiger partial charge >= 0.3 is 0 Å². The monoisotopic (exact) mass is 337 g/mol. The van der Waals surface area contributed by atoms with Crippen LogP contribution in [0.25, 0.3) is 0 Å². The molecular weight excluding hydrogens is 302 g/mol. The molecule has 1 aromatic heterocycles. The second-order valence-corrected chi connectivity index (χ2v) is 7.16. The fraction of sp³-hybridized carbons (Fsp3) is 0.762. The molecule has 132 valence electrons. The minimum absolute atomic E-state index is 0.683. The van der Waals surface area contributed by atoms with Crippen molar-refractivity contribution in [3.05, 3.63) is 29.0 Å². The average molecular weight is 338 g/mol. The Hall–Kier alpha value is -0.560. The van der Waals surface area contributed by atoms with Gasteiger partial charge in [-0.2, -0.15) is 0 Å². The summed E-state index contributed by atoms with van der Waals surface area (Å²) in [6.45, 7) is 2.29. The summed E-state index contributed by atoms with van der Waals surface area (Å²) in [5.74, 6) is 0. The zero-order chi connectivity index (χ0) is 16.6. The maximum atomic E-state index is 6.07. The Bertz CT molecular complexity index is 378. The van der Waals surface area contributed by atoms with E-state index < -0.39 is 0 Å². The molecule has 1 aromatic rings. The summed E-state index contributed by atoms with van der Waals surface area (Å²) in [6, 6.07) is 4.07. The van der Waals surface area contributed by atoms with Crippen LogP contribution in [0, 0.1) is 0 Å². The molecule has 0 saturated carbocycles. The van der Waals surface area contributed by atoms with Crippen LogP contribution >= 0.6 is 11.6 Å². The van der Waals surface area contributed by atoms with Crippen molar-refractivity contribution in [1.82, 2.24) is 4.98 Å². The van der Waals surface area contributed by atoms with Crippen LogP contribution in [0.3, 0.4) is 0 Å². The van der Waals surface area contributed by atoms with Gasteiger partial charge in [0.2, 0.25) is 0 Å². The average Bonchev–Trinajstić information content (AvgIpc) is 2.57. The van der Waals surface area contributed by atoms with Crippen LogP contribution in [-0.4, -0.2) is 4.98 Å². The van der Waals surface area contributed by atoms with Crippen molar-refractivity contribution in [1.29, 1.82) is 0 Å². The largest absolute Gasteiger partial charge is 0.244 e. The van der Waals surface area contributed by atoms with Gasteiger partial charge in [-0.1, -0.05) is 108 Å². The first-order valence-electron chi connectivity index (χ1n) is 9.94. The van der Waals surface area contributed by atoms with Crippen molar-refractivity contribution in [3.8, 4) is 0 Å². The van der Waals surface area contributed by atoms with Crippen LogP contribution in [0.2, 0.25) is 5.15 Å². The first kappa shape index (κ1) is 20.5. The summed E-state index contributed by atoms with van der Waals surface area (Å²) in [5, 5.41) is 0.683. The third-order valence-corrected chi connectivity index (χ3v) is 4.98. The number of halogens is 1. The van der Waals surface area contributed by atoms with E-state index in [4.69, 9.17) is 11.6 Å². The molecule has 0 amide bonds. The van der Waals surface area contributed by atoms with Crippen molar-refractivity contribution in [2.75, 3.05) is 0 Å². The summed E-state index contributed by atoms with van der Waals surface area (Å²) in [7, 11) is 0. The molecular formula is C21H36ClN. The fourth-order valence-corrected chi connectivity index (χ4v) is 3.33. The standard InChI is InChI=1S/C21H36ClN/c1-2-3-4-5-6-7-8-9-10-11-12-13-14-15-17-20-18-16-19-23-21(20)22/h16,18-19H,2-15,17H2,1H3. The van der Waals surface area contributed by atoms with E-state index in [1.807, 2.05) is 6.07 Å². The van der Waals surface area contributed by atoms with Gasteiger partial charge in [0.05, 0.1) is 0 Å². The molecule has 0 saturated heterocycles. The first-order chi connectivity index (χ1) is 11.3. The maximum absolute atomic E-state index is 6.07. The Morgan fingerprint density at radius 3 is 1.70 bits per heavy atom. The minimum atomic E-state index is 0.683. The number of pyridine rings is 1. The van der Waals surface area contributed by atoms with Crippen molar-refractivity contribution >= 4 is 11.6 Å². The van der Waals surface area contributed by atoms with Gasteiger partial charge in [0.15, 0.2) is 0 Å². The highest BCUT2D eigenvalue weighted by Gasteiger charge is 2.00. The van der Waals surface area contributed by atoms with Gasteiger partial charge in [0.1, 0.15) is 5.15 Å². The molecule has 0 aliphatic rings. The number of aryl methyl sites for hydroxylation is 1. The van der Waals surface area contributed by atoms with Crippen molar-refractivity contribution in [3.63, 3.8) is 0 Å². The Morgan fingerprint density at radius 2 is 1.22 bits per heavy atom. The van der Waals surface area contributed by atoms with E-state index in [0.29, 0.717) is 5.15 Å². The predicted molar refractivity (Wildman–Crippen MR) is 103 cm³/mol. The van der Waals surface area contributed by atoms with E-state index >= 15 is 0 Å². The highest BCUT2D eigenvalue weighted by atomic mass is 35.5. The molecule has 0 bridgehead atoms. The molecule has 1 nitrogen and oxygen atoms in total. The lowest BCUT2D eigenvalue weighted by molar-refractivity contribution is 0.535. The minimum Gasteiger partial charge on any atom is -0.244 e. The molecule has 23 heavy (non-hydrogen) atoms. The van der Waals surface area contributed by atoms with Crippen LogP contribution in [-0.2, 0) is 6.42 Å². The van der Waals surface area contributed by atoms with Gasteiger partial charge in [-0.25, -0.2) is 4.98 Å². The Labute approximate surface area is 149 Å². The second-order valence-electron chi connectivity index (χ2n) is 6.80. The summed E-state index contributed by atoms with van der Waals surface area (Å²) in [6.07, 6.45) is 22.5. The van der Waals surface area contributed by atoms with Crippen molar-refractivity contribution in [2.24, 2.45) is 0 Å². The van der Waals surface area contributed by atoms with Crippen LogP contribution in [0.15, 0.2) is 18.3 Å². The smallest absolute Gasteiger partial charge is 0.132 e. The molecule has 0 unspecified atom stereocenters. The first-order valence-corrected chi connectivity index (χ1v) is 10.3. The molecule has 0 fully saturated rings. The summed E-state index contributed by atoms with van der Waals surface area (Å²) in [4.78, 5) is 4.13. The van der Waals surface area contributed by atoms with Crippen LogP contribution in [0.4, 0.5) is 0 Å². The summed E-state index contributed by atoms with van der Waals surface area (Å²) < 4.78 is 0. The lowest BCUT2D eigenvalue weighted by Gasteiger charge is -2.04. The molecule has 0 atom stereocenters. The van der Waals surface area contributed by atoms with Gasteiger partial charge in [-0.15, -0.1) is 0 Å². The normalized spacial score (nSPS) is 11.0. The topological polar surface area (TPSA) is 12.9 Å². The van der Waals surface area contributed by atoms with Crippen LogP contribution in [0.1, 0.15) is 102 Å². The van der Waals surface area contributed by atoms with E-state index in [2.05, 4.69) is 18.0 Å². The number of hydrogen-bond acceptors (Lipinski definition) is 1. The number of hydrogen-bond donors (Lipinski definition) is 0. The molecule has 0 aromatic carbocycles. The molecule has 1 rings (SSSR count). The zero-order valence-electron chi connectivity index (χ0n) is 15.2. The number of aromatic nitrogens is 1. The lowest BCUT2D eigenvalue weighted by Crippen LogP contribution is -1.89. The molecule has 0 spiro atoms. The van der Waals surface area contributed by atoms with Gasteiger partial charge in [-0.05, 0) is 24.5 Å². The Balaban J connectivity index is 1.79. The number of unbranched alkanes of at least 4 members (excludes halogenated alkanes) is 13. The third kappa shape index (κ3) is 11.6. The molecule has 0 aliphatic heterocycles. The molecule has 1 heterocycles. The van der Waals surface area contributed by atoms with Crippen LogP contribution < -0.4 is 0 Å². The number of nitrogens with zero attached hydrogens (tertiary/aromatic N) is 1. The molecule has 0 N–H and O–H groups in total. The Morgan fingerprint density at radius 1 is 0.739 bits per heavy atom. The molecule has 2 heteroatoms. The highest BCUT2D eigenvalue weighted by Crippen LogP contribution is 2.16. The van der Waals surface area contributed by atoms with Gasteiger partial charge in [0.25, 0.3) is 0 Å². The van der Waals surface area contributed by atoms with E-state index in [0.717, 1.165) is 6.42 Å². The zero-order valence-corrected chi connectivity index (χ0v) is 15.9. The fourth-order valence-electron chi connectivity index (χ4n) is 3.12. The highest BCUT2D eigenvalue weighted by molar-refractivity contribution is 6.30. The summed E-state index contributed by atoms with van der Waals surface area (Å²) in [5.41, 5.74) is 1.20. The van der Waals surface area contributed by atoms with Crippen molar-refractivity contribution in [2.45, 2.75) is 103 Å². The third-order valence-electron chi connectivity index (χ3n) is 4.64. The summed E-state index contributed by atoms with van der Waals surface area (Å²) >= 11 is 6.07. The van der Waals surface area contributed by atoms with E-state index in [9.17, 15) is 0 Å².